The van der Waals surface area contributed by atoms with Gasteiger partial charge in [0.15, 0.2) is 0 Å². The third-order valence-corrected chi connectivity index (χ3v) is 6.32. The second-order valence-electron chi connectivity index (χ2n) is 10.1. The highest BCUT2D eigenvalue weighted by atomic mass is 14.3. The van der Waals surface area contributed by atoms with Crippen LogP contribution in [0.25, 0.3) is 0 Å². The van der Waals surface area contributed by atoms with Gasteiger partial charge in [-0.05, 0) is 34.1 Å². The van der Waals surface area contributed by atoms with Gasteiger partial charge < -0.3 is 0 Å². The van der Waals surface area contributed by atoms with Crippen molar-refractivity contribution in [1.82, 2.24) is 0 Å². The van der Waals surface area contributed by atoms with Crippen LogP contribution in [0.3, 0.4) is 0 Å². The third-order valence-electron chi connectivity index (χ3n) is 6.32. The molecular weight excluding hydrogens is 348 g/mol. The minimum absolute atomic E-state index is 0. The monoisotopic (exact) mass is 406 g/mol. The fourth-order valence-electron chi connectivity index (χ4n) is 3.58. The van der Waals surface area contributed by atoms with Gasteiger partial charge in [0.1, 0.15) is 0 Å². The molecule has 1 aromatic rings. The Labute approximate surface area is 187 Å². The smallest absolute Gasteiger partial charge is 0.0142 e. The highest BCUT2D eigenvalue weighted by Gasteiger charge is 2.28. The lowest BCUT2D eigenvalue weighted by molar-refractivity contribution is 0.141. The first kappa shape index (κ1) is 32.9. The molecule has 0 nitrogen and oxygen atoms in total. The summed E-state index contributed by atoms with van der Waals surface area (Å²) in [6.07, 6.45) is 7.40. The summed E-state index contributed by atoms with van der Waals surface area (Å²) < 4.78 is 0. The minimum Gasteiger partial charge on any atom is -0.0776 e. The van der Waals surface area contributed by atoms with Gasteiger partial charge in [-0.3, -0.25) is 0 Å². The van der Waals surface area contributed by atoms with Crippen molar-refractivity contribution >= 4 is 0 Å². The molecule has 0 amide bonds. The molecule has 0 spiro atoms. The van der Waals surface area contributed by atoms with E-state index in [1.165, 1.54) is 37.7 Å². The molecule has 1 aliphatic carbocycles. The lowest BCUT2D eigenvalue weighted by Gasteiger charge is -2.36. The van der Waals surface area contributed by atoms with Gasteiger partial charge in [0.2, 0.25) is 0 Å². The third kappa shape index (κ3) is 14.0. The van der Waals surface area contributed by atoms with E-state index in [0.29, 0.717) is 16.7 Å². The second kappa shape index (κ2) is 17.0. The van der Waals surface area contributed by atoms with E-state index in [2.05, 4.69) is 85.7 Å². The van der Waals surface area contributed by atoms with Crippen LogP contribution in [0, 0.1) is 22.7 Å². The van der Waals surface area contributed by atoms with Crippen molar-refractivity contribution in [1.29, 1.82) is 0 Å². The molecule has 0 N–H and O–H groups in total. The van der Waals surface area contributed by atoms with Gasteiger partial charge in [-0.25, -0.2) is 0 Å². The van der Waals surface area contributed by atoms with Crippen LogP contribution in [0.5, 0.6) is 0 Å². The van der Waals surface area contributed by atoms with E-state index in [4.69, 9.17) is 0 Å². The Bertz CT molecular complexity index is 437. The fraction of sp³-hybridized carbons (Fsp3) is 0.793. The van der Waals surface area contributed by atoms with Gasteiger partial charge in [-0.1, -0.05) is 153 Å². The average molecular weight is 407 g/mol. The molecule has 1 aliphatic rings. The summed E-state index contributed by atoms with van der Waals surface area (Å²) >= 11 is 0. The van der Waals surface area contributed by atoms with E-state index in [-0.39, 0.29) is 7.43 Å². The van der Waals surface area contributed by atoms with Crippen molar-refractivity contribution in [2.24, 2.45) is 22.7 Å². The molecule has 1 saturated carbocycles. The summed E-state index contributed by atoms with van der Waals surface area (Å²) in [4.78, 5) is 0. The lowest BCUT2D eigenvalue weighted by Crippen LogP contribution is -2.27. The maximum Gasteiger partial charge on any atom is -0.0142 e. The Balaban J connectivity index is -0.000000386. The number of benzene rings is 1. The van der Waals surface area contributed by atoms with E-state index in [1.807, 2.05) is 27.7 Å². The number of hydrogen-bond donors (Lipinski definition) is 0. The van der Waals surface area contributed by atoms with Crippen molar-refractivity contribution in [3.8, 4) is 0 Å². The summed E-state index contributed by atoms with van der Waals surface area (Å²) in [6.45, 7) is 26.7. The first-order valence-electron chi connectivity index (χ1n) is 12.1. The van der Waals surface area contributed by atoms with E-state index < -0.39 is 0 Å². The Kier molecular flexibility index (Phi) is 19.2. The van der Waals surface area contributed by atoms with Crippen molar-refractivity contribution in [2.45, 2.75) is 129 Å². The van der Waals surface area contributed by atoms with Crippen molar-refractivity contribution < 1.29 is 0 Å². The predicted octanol–water partition coefficient (Wildman–Crippen LogP) is 10.8. The van der Waals surface area contributed by atoms with Crippen LogP contribution in [0.4, 0.5) is 0 Å². The van der Waals surface area contributed by atoms with Crippen LogP contribution >= 0.6 is 0 Å². The number of rotatable bonds is 2. The zero-order chi connectivity index (χ0) is 22.4. The molecule has 1 fully saturated rings. The minimum atomic E-state index is 0. The van der Waals surface area contributed by atoms with Crippen LogP contribution in [0.1, 0.15) is 134 Å². The molecule has 1 aromatic carbocycles. The van der Waals surface area contributed by atoms with Gasteiger partial charge in [0, 0.05) is 0 Å². The van der Waals surface area contributed by atoms with Crippen LogP contribution in [-0.2, 0) is 0 Å². The molecule has 0 radical (unpaired) electrons. The molecule has 2 unspecified atom stereocenters. The summed E-state index contributed by atoms with van der Waals surface area (Å²) in [5, 5.41) is 0. The first-order valence-corrected chi connectivity index (χ1v) is 12.1. The van der Waals surface area contributed by atoms with Crippen molar-refractivity contribution in [3.63, 3.8) is 0 Å². The van der Waals surface area contributed by atoms with Crippen LogP contribution < -0.4 is 0 Å². The van der Waals surface area contributed by atoms with E-state index in [9.17, 15) is 0 Å². The Morgan fingerprint density at radius 3 is 1.45 bits per heavy atom. The summed E-state index contributed by atoms with van der Waals surface area (Å²) in [6, 6.07) is 10.7. The number of hydrogen-bond acceptors (Lipinski definition) is 0. The SMILES string of the molecule is C.CC.CC.CC(C1CCCCC1)C(C)(C)C.CC(c1ccccc1)C(C)(C)C. The van der Waals surface area contributed by atoms with Gasteiger partial charge in [0.25, 0.3) is 0 Å². The van der Waals surface area contributed by atoms with Gasteiger partial charge in [-0.2, -0.15) is 0 Å². The molecule has 0 aromatic heterocycles. The van der Waals surface area contributed by atoms with E-state index >= 15 is 0 Å². The average Bonchev–Trinajstić information content (AvgIpc) is 2.70. The van der Waals surface area contributed by atoms with Gasteiger partial charge in [-0.15, -0.1) is 0 Å². The summed E-state index contributed by atoms with van der Waals surface area (Å²) in [5.41, 5.74) is 2.31. The van der Waals surface area contributed by atoms with E-state index in [0.717, 1.165) is 11.8 Å². The quantitative estimate of drug-likeness (QED) is 0.458. The summed E-state index contributed by atoms with van der Waals surface area (Å²) in [5.74, 6) is 2.54. The molecule has 0 heteroatoms. The first-order chi connectivity index (χ1) is 13.0. The predicted molar refractivity (Wildman–Crippen MR) is 139 cm³/mol. The topological polar surface area (TPSA) is 0 Å². The maximum atomic E-state index is 2.44. The highest BCUT2D eigenvalue weighted by Crippen LogP contribution is 2.39. The highest BCUT2D eigenvalue weighted by molar-refractivity contribution is 5.20. The Morgan fingerprint density at radius 1 is 0.690 bits per heavy atom. The Morgan fingerprint density at radius 2 is 1.10 bits per heavy atom. The summed E-state index contributed by atoms with van der Waals surface area (Å²) in [7, 11) is 0. The molecule has 0 heterocycles. The Hall–Kier alpha value is -0.780. The molecule has 0 aliphatic heterocycles. The van der Waals surface area contributed by atoms with Crippen LogP contribution in [-0.4, -0.2) is 0 Å². The largest absolute Gasteiger partial charge is 0.0776 e. The zero-order valence-electron chi connectivity index (χ0n) is 21.7. The molecule has 0 saturated heterocycles. The molecule has 2 rings (SSSR count). The second-order valence-corrected chi connectivity index (χ2v) is 10.1. The maximum absolute atomic E-state index is 2.44. The van der Waals surface area contributed by atoms with Crippen molar-refractivity contribution in [2.75, 3.05) is 0 Å². The molecule has 174 valence electrons. The standard InChI is InChI=1S/C12H24.C12H18.2C2H6.CH4/c2*1-10(12(2,3)4)11-8-6-5-7-9-11;2*1-2;/h10-11H,5-9H2,1-4H3;5-10H,1-4H3;2*1-2H3;1H4. The van der Waals surface area contributed by atoms with Gasteiger partial charge >= 0.3 is 0 Å². The normalized spacial score (nSPS) is 16.3. The fourth-order valence-corrected chi connectivity index (χ4v) is 3.58. The van der Waals surface area contributed by atoms with Crippen LogP contribution in [0.15, 0.2) is 30.3 Å². The van der Waals surface area contributed by atoms with Gasteiger partial charge in [0.05, 0.1) is 0 Å². The molecule has 2 atom stereocenters. The van der Waals surface area contributed by atoms with Crippen molar-refractivity contribution in [3.05, 3.63) is 35.9 Å². The lowest BCUT2D eigenvalue weighted by atomic mass is 9.69. The molecule has 29 heavy (non-hydrogen) atoms. The molecular formula is C29H58. The zero-order valence-corrected chi connectivity index (χ0v) is 21.7. The van der Waals surface area contributed by atoms with Crippen LogP contribution in [0.2, 0.25) is 0 Å². The molecule has 0 bridgehead atoms. The van der Waals surface area contributed by atoms with E-state index in [1.54, 1.807) is 0 Å².